The van der Waals surface area contributed by atoms with Gasteiger partial charge in [-0.05, 0) is 6.54 Å². The summed E-state index contributed by atoms with van der Waals surface area (Å²) in [6.07, 6.45) is 0. The average molecular weight is 709 g/mol. The van der Waals surface area contributed by atoms with Crippen LogP contribution in [0.2, 0.25) is 0 Å². The highest BCUT2D eigenvalue weighted by Gasteiger charge is 2.31. The first kappa shape index (κ1) is 36.7. The second-order valence-electron chi connectivity index (χ2n) is 12.7. The molecule has 6 aliphatic rings. The molecule has 0 radical (unpaired) electrons. The van der Waals surface area contributed by atoms with Gasteiger partial charge in [-0.2, -0.15) is 0 Å². The number of urea groups is 6. The highest BCUT2D eigenvalue weighted by atomic mass is 16.2. The zero-order valence-electron chi connectivity index (χ0n) is 28.8. The Hall–Kier alpha value is -4.54. The van der Waals surface area contributed by atoms with Crippen molar-refractivity contribution < 1.29 is 28.8 Å². The molecule has 0 aromatic rings. The van der Waals surface area contributed by atoms with Gasteiger partial charge >= 0.3 is 36.2 Å². The molecule has 0 spiro atoms. The van der Waals surface area contributed by atoms with E-state index in [2.05, 4.69) is 49.0 Å². The van der Waals surface area contributed by atoms with E-state index in [0.717, 1.165) is 26.2 Å². The van der Waals surface area contributed by atoms with E-state index >= 15 is 0 Å². The molecular weight excluding hydrogens is 656 g/mol. The summed E-state index contributed by atoms with van der Waals surface area (Å²) in [7, 11) is 0. The lowest BCUT2D eigenvalue weighted by atomic mass is 10.5. The zero-order chi connectivity index (χ0) is 35.5. The molecule has 0 unspecified atom stereocenters. The Morgan fingerprint density at radius 1 is 0.460 bits per heavy atom. The van der Waals surface area contributed by atoms with E-state index in [0.29, 0.717) is 112 Å². The molecule has 50 heavy (non-hydrogen) atoms. The topological polar surface area (TPSA) is 216 Å². The number of hydrogen-bond donors (Lipinski definition) is 7. The summed E-state index contributed by atoms with van der Waals surface area (Å²) < 4.78 is 0. The van der Waals surface area contributed by atoms with Crippen LogP contribution in [0, 0.1) is 0 Å². The lowest BCUT2D eigenvalue weighted by Crippen LogP contribution is -2.54. The van der Waals surface area contributed by atoms with Crippen LogP contribution >= 0.6 is 0 Å². The maximum absolute atomic E-state index is 12.1. The van der Waals surface area contributed by atoms with E-state index in [1.807, 2.05) is 9.80 Å². The average Bonchev–Trinajstić information content (AvgIpc) is 3.97. The standard InChI is InChI=1S/C17H30N10O4.C11H22N6O2/c28-14-18-1-5-24(14)10-22(11-25-6-2-19-15(25)29)9-23(12-26-7-3-20-16(26)30)13-27-8-4-21-17(27)31;1-2-15(9-17-6-4-14-11(17)19)7-12-8-16-5-3-13-10(16)18/h1-13H2,(H,18,28)(H,19,29)(H,20,30)(H,21,31);12H,2-9H2,1H3,(H,13,18)(H,14,19). The Morgan fingerprint density at radius 2 is 0.740 bits per heavy atom. The first-order valence-corrected chi connectivity index (χ1v) is 17.2. The molecule has 0 aromatic heterocycles. The predicted molar refractivity (Wildman–Crippen MR) is 179 cm³/mol. The van der Waals surface area contributed by atoms with Crippen LogP contribution < -0.4 is 37.2 Å². The van der Waals surface area contributed by atoms with Crippen LogP contribution in [-0.4, -0.2) is 219 Å². The summed E-state index contributed by atoms with van der Waals surface area (Å²) in [6.45, 7) is 14.1. The number of amides is 12. The van der Waals surface area contributed by atoms with Crippen molar-refractivity contribution in [1.82, 2.24) is 81.3 Å². The van der Waals surface area contributed by atoms with Gasteiger partial charge in [0.15, 0.2) is 0 Å². The van der Waals surface area contributed by atoms with Gasteiger partial charge in [0.1, 0.15) is 0 Å². The molecule has 7 N–H and O–H groups in total. The van der Waals surface area contributed by atoms with Crippen LogP contribution in [0.1, 0.15) is 6.92 Å². The number of nitrogens with zero attached hydrogens (tertiary/aromatic N) is 9. The van der Waals surface area contributed by atoms with Crippen molar-refractivity contribution in [2.45, 2.75) is 6.92 Å². The van der Waals surface area contributed by atoms with E-state index < -0.39 is 0 Å². The smallest absolute Gasteiger partial charge is 0.318 e. The fourth-order valence-corrected chi connectivity index (χ4v) is 6.26. The molecule has 0 atom stereocenters. The lowest BCUT2D eigenvalue weighted by molar-refractivity contribution is 0.0199. The number of carbonyl (C=O) groups is 6. The first-order chi connectivity index (χ1) is 24.2. The van der Waals surface area contributed by atoms with Gasteiger partial charge in [0.05, 0.1) is 53.3 Å². The summed E-state index contributed by atoms with van der Waals surface area (Å²) in [5.41, 5.74) is 0. The molecule has 6 fully saturated rings. The molecule has 6 saturated heterocycles. The molecule has 22 heteroatoms. The highest BCUT2D eigenvalue weighted by molar-refractivity contribution is 5.78. The number of hydrogen-bond acceptors (Lipinski definition) is 10. The van der Waals surface area contributed by atoms with Gasteiger partial charge in [0, 0.05) is 78.5 Å². The molecule has 6 rings (SSSR count). The Balaban J connectivity index is 0.000000219. The maximum atomic E-state index is 12.1. The molecule has 0 saturated carbocycles. The molecule has 0 bridgehead atoms. The zero-order valence-corrected chi connectivity index (χ0v) is 28.8. The molecule has 280 valence electrons. The van der Waals surface area contributed by atoms with Gasteiger partial charge in [-0.15, -0.1) is 0 Å². The second kappa shape index (κ2) is 17.9. The van der Waals surface area contributed by atoms with E-state index in [-0.39, 0.29) is 36.2 Å². The summed E-state index contributed by atoms with van der Waals surface area (Å²) in [5.74, 6) is 0. The van der Waals surface area contributed by atoms with Crippen molar-refractivity contribution in [2.24, 2.45) is 0 Å². The fraction of sp³-hybridized carbons (Fsp3) is 0.786. The molecule has 22 nitrogen and oxygen atoms in total. The third-order valence-corrected chi connectivity index (χ3v) is 9.01. The van der Waals surface area contributed by atoms with Crippen molar-refractivity contribution >= 4 is 36.2 Å². The highest BCUT2D eigenvalue weighted by Crippen LogP contribution is 2.10. The van der Waals surface area contributed by atoms with Crippen LogP contribution in [-0.2, 0) is 0 Å². The number of carbonyl (C=O) groups excluding carboxylic acids is 6. The van der Waals surface area contributed by atoms with Crippen LogP contribution in [0.4, 0.5) is 28.8 Å². The van der Waals surface area contributed by atoms with Gasteiger partial charge < -0.3 is 61.3 Å². The summed E-state index contributed by atoms with van der Waals surface area (Å²) in [5, 5.41) is 19.9. The van der Waals surface area contributed by atoms with Crippen LogP contribution in [0.5, 0.6) is 0 Å². The monoisotopic (exact) mass is 708 g/mol. The fourth-order valence-electron chi connectivity index (χ4n) is 6.26. The van der Waals surface area contributed by atoms with Gasteiger partial charge in [-0.3, -0.25) is 20.0 Å². The van der Waals surface area contributed by atoms with Gasteiger partial charge in [0.25, 0.3) is 0 Å². The third kappa shape index (κ3) is 10.2. The van der Waals surface area contributed by atoms with Crippen LogP contribution in [0.3, 0.4) is 0 Å². The van der Waals surface area contributed by atoms with Crippen molar-refractivity contribution in [1.29, 1.82) is 0 Å². The van der Waals surface area contributed by atoms with Crippen molar-refractivity contribution in [2.75, 3.05) is 138 Å². The van der Waals surface area contributed by atoms with Crippen molar-refractivity contribution in [3.8, 4) is 0 Å². The predicted octanol–water partition coefficient (Wildman–Crippen LogP) is -3.70. The lowest BCUT2D eigenvalue weighted by Gasteiger charge is -2.37. The van der Waals surface area contributed by atoms with E-state index in [9.17, 15) is 28.8 Å². The van der Waals surface area contributed by atoms with Gasteiger partial charge in [-0.1, -0.05) is 6.92 Å². The second-order valence-corrected chi connectivity index (χ2v) is 12.7. The summed E-state index contributed by atoms with van der Waals surface area (Å²) in [6, 6.07) is -0.576. The molecule has 0 aliphatic carbocycles. The largest absolute Gasteiger partial charge is 0.336 e. The van der Waals surface area contributed by atoms with E-state index in [1.165, 1.54) is 0 Å². The van der Waals surface area contributed by atoms with Crippen LogP contribution in [0.15, 0.2) is 0 Å². The Kier molecular flexibility index (Phi) is 13.2. The minimum absolute atomic E-state index is 0.00243. The molecular formula is C28H52N16O6. The Bertz CT molecular complexity index is 1110. The van der Waals surface area contributed by atoms with Gasteiger partial charge in [-0.25, -0.2) is 28.8 Å². The summed E-state index contributed by atoms with van der Waals surface area (Å²) >= 11 is 0. The van der Waals surface area contributed by atoms with Crippen molar-refractivity contribution in [3.63, 3.8) is 0 Å². The quantitative estimate of drug-likeness (QED) is 0.0735. The van der Waals surface area contributed by atoms with Crippen molar-refractivity contribution in [3.05, 3.63) is 0 Å². The van der Waals surface area contributed by atoms with E-state index in [4.69, 9.17) is 0 Å². The Labute approximate surface area is 291 Å². The van der Waals surface area contributed by atoms with Crippen LogP contribution in [0.25, 0.3) is 0 Å². The third-order valence-electron chi connectivity index (χ3n) is 9.01. The van der Waals surface area contributed by atoms with Gasteiger partial charge in [0.2, 0.25) is 0 Å². The first-order valence-electron chi connectivity index (χ1n) is 17.2. The molecule has 6 aliphatic heterocycles. The normalized spacial score (nSPS) is 20.6. The minimum atomic E-state index is -0.139. The molecule has 12 amide bonds. The Morgan fingerprint density at radius 3 is 1.00 bits per heavy atom. The summed E-state index contributed by atoms with van der Waals surface area (Å²) in [4.78, 5) is 87.6. The SMILES string of the molecule is CCN(CNCN1CCNC1=O)CN1CCNC1=O.O=C1NCCN1CN(CN(CN1CCNC1=O)CN1CCNC1=O)CN1CCNC1=O. The van der Waals surface area contributed by atoms with E-state index in [1.54, 1.807) is 29.4 Å². The number of nitrogens with one attached hydrogen (secondary N) is 7. The minimum Gasteiger partial charge on any atom is -0.336 e. The number of rotatable bonds is 17. The maximum Gasteiger partial charge on any atom is 0.318 e. The molecule has 6 heterocycles. The molecule has 0 aromatic carbocycles.